The van der Waals surface area contributed by atoms with Gasteiger partial charge in [0.15, 0.2) is 5.65 Å². The zero-order chi connectivity index (χ0) is 24.8. The highest BCUT2D eigenvalue weighted by Crippen LogP contribution is 2.37. The van der Waals surface area contributed by atoms with Gasteiger partial charge in [0.1, 0.15) is 23.7 Å². The summed E-state index contributed by atoms with van der Waals surface area (Å²) in [5, 5.41) is 5.61. The molecule has 7 heteroatoms. The van der Waals surface area contributed by atoms with Gasteiger partial charge in [-0.25, -0.2) is 19.0 Å². The summed E-state index contributed by atoms with van der Waals surface area (Å²) in [5.74, 6) is 0.0684. The van der Waals surface area contributed by atoms with E-state index in [9.17, 15) is 4.39 Å². The van der Waals surface area contributed by atoms with E-state index in [0.29, 0.717) is 35.1 Å². The van der Waals surface area contributed by atoms with E-state index >= 15 is 0 Å². The van der Waals surface area contributed by atoms with Gasteiger partial charge >= 0.3 is 0 Å². The summed E-state index contributed by atoms with van der Waals surface area (Å²) in [6.45, 7) is 8.05. The number of hydrogen-bond donors (Lipinski definition) is 1. The van der Waals surface area contributed by atoms with Crippen molar-refractivity contribution in [3.8, 4) is 11.3 Å². The topological polar surface area (TPSA) is 72.9 Å². The van der Waals surface area contributed by atoms with Gasteiger partial charge in [0.25, 0.3) is 0 Å². The SMILES string of the molecule is C=C1c2c(C)cccc2C=C(Cn2nc(-c3ccc(F)cc3)c3c(N)ncnc32)CN1C1CCCC1. The van der Waals surface area contributed by atoms with Crippen LogP contribution in [-0.2, 0) is 6.54 Å². The minimum Gasteiger partial charge on any atom is -0.383 e. The van der Waals surface area contributed by atoms with Crippen LogP contribution in [0.1, 0.15) is 42.4 Å². The molecule has 0 bridgehead atoms. The number of benzene rings is 2. The van der Waals surface area contributed by atoms with Crippen molar-refractivity contribution in [3.63, 3.8) is 0 Å². The Morgan fingerprint density at radius 1 is 1.08 bits per heavy atom. The number of nitrogens with two attached hydrogens (primary N) is 1. The molecule has 0 atom stereocenters. The van der Waals surface area contributed by atoms with E-state index in [-0.39, 0.29) is 5.82 Å². The number of fused-ring (bicyclic) bond motifs is 2. The Morgan fingerprint density at radius 2 is 1.86 bits per heavy atom. The smallest absolute Gasteiger partial charge is 0.164 e. The van der Waals surface area contributed by atoms with Crippen LogP contribution in [0.5, 0.6) is 0 Å². The summed E-state index contributed by atoms with van der Waals surface area (Å²) < 4.78 is 15.5. The molecule has 0 saturated heterocycles. The molecule has 2 aromatic heterocycles. The molecule has 1 fully saturated rings. The normalized spacial score (nSPS) is 16.3. The molecule has 4 aromatic rings. The lowest BCUT2D eigenvalue weighted by Gasteiger charge is -2.33. The number of aromatic nitrogens is 4. The highest BCUT2D eigenvalue weighted by Gasteiger charge is 2.29. The predicted molar refractivity (Wildman–Crippen MR) is 142 cm³/mol. The standard InChI is InChI=1S/C29H29FN6/c1-18-6-5-7-22-14-20(15-35(19(2)25(18)22)24-8-3-4-9-24)16-36-29-26(28(31)32-17-33-29)27(34-36)21-10-12-23(30)13-11-21/h5-7,10-14,17,24H,2-4,8-9,15-16H2,1H3,(H2,31,32,33). The highest BCUT2D eigenvalue weighted by molar-refractivity contribution is 5.98. The molecule has 2 aliphatic rings. The number of anilines is 1. The number of rotatable bonds is 4. The largest absolute Gasteiger partial charge is 0.383 e. The van der Waals surface area contributed by atoms with Gasteiger partial charge in [0, 0.05) is 29.4 Å². The number of halogens is 1. The number of hydrogen-bond acceptors (Lipinski definition) is 5. The van der Waals surface area contributed by atoms with Gasteiger partial charge in [0.05, 0.1) is 11.9 Å². The van der Waals surface area contributed by atoms with E-state index in [2.05, 4.69) is 52.6 Å². The lowest BCUT2D eigenvalue weighted by Crippen LogP contribution is -2.33. The maximum atomic E-state index is 13.6. The molecule has 36 heavy (non-hydrogen) atoms. The van der Waals surface area contributed by atoms with Crippen LogP contribution >= 0.6 is 0 Å². The first-order chi connectivity index (χ1) is 17.5. The summed E-state index contributed by atoms with van der Waals surface area (Å²) in [4.78, 5) is 11.2. The van der Waals surface area contributed by atoms with Crippen molar-refractivity contribution in [2.45, 2.75) is 45.2 Å². The quantitative estimate of drug-likeness (QED) is 0.398. The number of nitrogens with zero attached hydrogens (tertiary/aromatic N) is 5. The summed E-state index contributed by atoms with van der Waals surface area (Å²) in [7, 11) is 0. The Kier molecular flexibility index (Phi) is 5.55. The van der Waals surface area contributed by atoms with Crippen LogP contribution in [-0.4, -0.2) is 37.2 Å². The number of aryl methyl sites for hydroxylation is 1. The van der Waals surface area contributed by atoms with E-state index in [1.165, 1.54) is 66.4 Å². The monoisotopic (exact) mass is 480 g/mol. The maximum absolute atomic E-state index is 13.6. The van der Waals surface area contributed by atoms with Gasteiger partial charge in [-0.15, -0.1) is 0 Å². The average Bonchev–Trinajstić information content (AvgIpc) is 3.49. The van der Waals surface area contributed by atoms with Crippen LogP contribution in [0.3, 0.4) is 0 Å². The van der Waals surface area contributed by atoms with Crippen LogP contribution in [0, 0.1) is 12.7 Å². The first-order valence-electron chi connectivity index (χ1n) is 12.5. The maximum Gasteiger partial charge on any atom is 0.164 e. The lowest BCUT2D eigenvalue weighted by molar-refractivity contribution is 0.316. The van der Waals surface area contributed by atoms with Crippen LogP contribution in [0.2, 0.25) is 0 Å². The Morgan fingerprint density at radius 3 is 2.64 bits per heavy atom. The molecule has 1 aliphatic carbocycles. The molecule has 2 aromatic carbocycles. The van der Waals surface area contributed by atoms with E-state index in [1.54, 1.807) is 12.1 Å². The van der Waals surface area contributed by atoms with Crippen LogP contribution in [0.25, 0.3) is 34.1 Å². The molecule has 0 unspecified atom stereocenters. The van der Waals surface area contributed by atoms with Crippen molar-refractivity contribution < 1.29 is 4.39 Å². The van der Waals surface area contributed by atoms with Gasteiger partial charge in [0.2, 0.25) is 0 Å². The zero-order valence-electron chi connectivity index (χ0n) is 20.4. The van der Waals surface area contributed by atoms with E-state index in [0.717, 1.165) is 17.8 Å². The predicted octanol–water partition coefficient (Wildman–Crippen LogP) is 5.84. The summed E-state index contributed by atoms with van der Waals surface area (Å²) >= 11 is 0. The van der Waals surface area contributed by atoms with Gasteiger partial charge in [-0.2, -0.15) is 5.10 Å². The minimum atomic E-state index is -0.295. The molecular weight excluding hydrogens is 451 g/mol. The second-order valence-electron chi connectivity index (χ2n) is 9.83. The zero-order valence-corrected chi connectivity index (χ0v) is 20.4. The molecule has 3 heterocycles. The first kappa shape index (κ1) is 22.5. The third kappa shape index (κ3) is 3.85. The third-order valence-corrected chi connectivity index (χ3v) is 7.47. The van der Waals surface area contributed by atoms with Crippen molar-refractivity contribution in [2.24, 2.45) is 0 Å². The van der Waals surface area contributed by atoms with Crippen molar-refractivity contribution in [1.82, 2.24) is 24.6 Å². The van der Waals surface area contributed by atoms with Crippen molar-refractivity contribution in [3.05, 3.63) is 83.5 Å². The summed E-state index contributed by atoms with van der Waals surface area (Å²) in [6, 6.07) is 13.2. The van der Waals surface area contributed by atoms with Crippen molar-refractivity contribution >= 4 is 28.6 Å². The molecule has 0 spiro atoms. The van der Waals surface area contributed by atoms with Crippen LogP contribution in [0.4, 0.5) is 10.2 Å². The molecule has 2 N–H and O–H groups in total. The van der Waals surface area contributed by atoms with Crippen molar-refractivity contribution in [2.75, 3.05) is 12.3 Å². The number of nitrogen functional groups attached to an aromatic ring is 1. The second kappa shape index (κ2) is 8.90. The lowest BCUT2D eigenvalue weighted by atomic mass is 9.98. The fourth-order valence-electron chi connectivity index (χ4n) is 5.73. The second-order valence-corrected chi connectivity index (χ2v) is 9.83. The van der Waals surface area contributed by atoms with Gasteiger partial charge in [-0.05, 0) is 60.7 Å². The Balaban J connectivity index is 1.46. The molecule has 6 nitrogen and oxygen atoms in total. The fraction of sp³-hybridized carbons (Fsp3) is 0.276. The Labute approximate surface area is 210 Å². The highest BCUT2D eigenvalue weighted by atomic mass is 19.1. The molecule has 1 saturated carbocycles. The van der Waals surface area contributed by atoms with Gasteiger partial charge in [-0.3, -0.25) is 0 Å². The molecule has 6 rings (SSSR count). The molecule has 0 radical (unpaired) electrons. The summed E-state index contributed by atoms with van der Waals surface area (Å²) in [5.41, 5.74) is 14.4. The molecular formula is C29H29FN6. The minimum absolute atomic E-state index is 0.295. The summed E-state index contributed by atoms with van der Waals surface area (Å²) in [6.07, 6.45) is 8.65. The van der Waals surface area contributed by atoms with Gasteiger partial charge in [-0.1, -0.05) is 43.7 Å². The van der Waals surface area contributed by atoms with Crippen LogP contribution in [0.15, 0.2) is 60.9 Å². The van der Waals surface area contributed by atoms with E-state index < -0.39 is 0 Å². The van der Waals surface area contributed by atoms with Crippen LogP contribution < -0.4 is 5.73 Å². The van der Waals surface area contributed by atoms with Gasteiger partial charge < -0.3 is 10.6 Å². The average molecular weight is 481 g/mol. The van der Waals surface area contributed by atoms with Crippen molar-refractivity contribution in [1.29, 1.82) is 0 Å². The Bertz CT molecular complexity index is 1490. The molecule has 1 aliphatic heterocycles. The Hall–Kier alpha value is -4.00. The van der Waals surface area contributed by atoms with E-state index in [4.69, 9.17) is 10.8 Å². The molecule has 182 valence electrons. The molecule has 0 amide bonds. The fourth-order valence-corrected chi connectivity index (χ4v) is 5.73. The first-order valence-corrected chi connectivity index (χ1v) is 12.5. The van der Waals surface area contributed by atoms with E-state index in [1.807, 2.05) is 4.68 Å². The third-order valence-electron chi connectivity index (χ3n) is 7.47.